The standard InChI is InChI=1S/2C17H14ClNO4/c2*18-12-5-1-10(2-6-12)14-9-15(20)16(14)17(21)11-3-7-13(8-4-11)19(22)23/h2*1-8,14,16-17,21H,9H2/t2*14-,16-,17-/m11/s1. The van der Waals surface area contributed by atoms with E-state index in [1.165, 1.54) is 48.5 Å². The number of aliphatic hydroxyl groups is 2. The highest BCUT2D eigenvalue weighted by atomic mass is 35.5. The van der Waals surface area contributed by atoms with E-state index >= 15 is 0 Å². The lowest BCUT2D eigenvalue weighted by Crippen LogP contribution is -2.39. The molecule has 0 unspecified atom stereocenters. The van der Waals surface area contributed by atoms with Crippen LogP contribution in [-0.4, -0.2) is 31.6 Å². The van der Waals surface area contributed by atoms with Crippen LogP contribution in [0.4, 0.5) is 11.4 Å². The number of ketones is 2. The SMILES string of the molecule is O=C1C[C@H](c2ccc(Cl)cc2)[C@H]1[C@H](O)c1ccc([N+](=O)[O-])cc1.O=C1C[C@H](c2ccc(Cl)cc2)[C@H]1[C@H](O)c1ccc([N+](=O)[O-])cc1. The number of carbonyl (C=O) groups excluding carboxylic acids is 2. The molecule has 10 nitrogen and oxygen atoms in total. The van der Waals surface area contributed by atoms with E-state index in [4.69, 9.17) is 23.2 Å². The summed E-state index contributed by atoms with van der Waals surface area (Å²) in [5, 5.41) is 43.6. The van der Waals surface area contributed by atoms with E-state index in [-0.39, 0.29) is 34.8 Å². The molecule has 4 aromatic rings. The zero-order valence-electron chi connectivity index (χ0n) is 24.1. The van der Waals surface area contributed by atoms with Gasteiger partial charge in [0.1, 0.15) is 11.6 Å². The number of carbonyl (C=O) groups is 2. The summed E-state index contributed by atoms with van der Waals surface area (Å²) in [4.78, 5) is 44.3. The summed E-state index contributed by atoms with van der Waals surface area (Å²) in [6.07, 6.45) is -1.18. The first-order valence-electron chi connectivity index (χ1n) is 14.4. The predicted octanol–water partition coefficient (Wildman–Crippen LogP) is 7.31. The van der Waals surface area contributed by atoms with Gasteiger partial charge in [-0.3, -0.25) is 29.8 Å². The molecule has 2 saturated carbocycles. The van der Waals surface area contributed by atoms with Crippen molar-refractivity contribution in [1.29, 1.82) is 0 Å². The van der Waals surface area contributed by atoms with Crippen LogP contribution in [-0.2, 0) is 9.59 Å². The monoisotopic (exact) mass is 662 g/mol. The zero-order chi connectivity index (χ0) is 33.1. The molecule has 6 rings (SSSR count). The van der Waals surface area contributed by atoms with E-state index < -0.39 is 33.9 Å². The number of Topliss-reactive ketones (excluding diaryl/α,β-unsaturated/α-hetero) is 2. The van der Waals surface area contributed by atoms with Gasteiger partial charge >= 0.3 is 0 Å². The lowest BCUT2D eigenvalue weighted by atomic mass is 9.65. The van der Waals surface area contributed by atoms with Crippen LogP contribution < -0.4 is 0 Å². The van der Waals surface area contributed by atoms with Crippen LogP contribution in [0.25, 0.3) is 0 Å². The number of nitro groups is 2. The molecule has 0 bridgehead atoms. The lowest BCUT2D eigenvalue weighted by Gasteiger charge is -2.38. The van der Waals surface area contributed by atoms with E-state index in [2.05, 4.69) is 0 Å². The first-order chi connectivity index (χ1) is 21.9. The Morgan fingerprint density at radius 3 is 1.13 bits per heavy atom. The van der Waals surface area contributed by atoms with Crippen molar-refractivity contribution in [2.24, 2.45) is 11.8 Å². The van der Waals surface area contributed by atoms with Crippen molar-refractivity contribution in [3.63, 3.8) is 0 Å². The van der Waals surface area contributed by atoms with E-state index in [0.717, 1.165) is 11.1 Å². The second-order valence-corrected chi connectivity index (χ2v) is 12.2. The van der Waals surface area contributed by atoms with E-state index in [0.29, 0.717) is 34.0 Å². The Kier molecular flexibility index (Phi) is 9.93. The Bertz CT molecular complexity index is 1620. The van der Waals surface area contributed by atoms with Gasteiger partial charge in [-0.1, -0.05) is 47.5 Å². The fourth-order valence-electron chi connectivity index (χ4n) is 5.95. The molecule has 0 heterocycles. The van der Waals surface area contributed by atoms with Crippen molar-refractivity contribution in [1.82, 2.24) is 0 Å². The van der Waals surface area contributed by atoms with Gasteiger partial charge in [0.25, 0.3) is 11.4 Å². The van der Waals surface area contributed by atoms with E-state index in [1.807, 2.05) is 24.3 Å². The number of halogens is 2. The highest BCUT2D eigenvalue weighted by Crippen LogP contribution is 2.48. The molecule has 2 fully saturated rings. The molecule has 46 heavy (non-hydrogen) atoms. The Balaban J connectivity index is 0.000000181. The Morgan fingerprint density at radius 1 is 0.565 bits per heavy atom. The fourth-order valence-corrected chi connectivity index (χ4v) is 6.20. The minimum Gasteiger partial charge on any atom is -0.388 e. The molecule has 6 atom stereocenters. The van der Waals surface area contributed by atoms with Gasteiger partial charge in [-0.05, 0) is 70.8 Å². The zero-order valence-corrected chi connectivity index (χ0v) is 25.6. The summed E-state index contributed by atoms with van der Waals surface area (Å²) in [5.41, 5.74) is 2.84. The summed E-state index contributed by atoms with van der Waals surface area (Å²) in [7, 11) is 0. The van der Waals surface area contributed by atoms with Gasteiger partial charge in [0.15, 0.2) is 0 Å². The highest BCUT2D eigenvalue weighted by molar-refractivity contribution is 6.30. The normalized spacial score (nSPS) is 21.6. The topological polar surface area (TPSA) is 161 Å². The van der Waals surface area contributed by atoms with Gasteiger partial charge < -0.3 is 10.2 Å². The number of nitro benzene ring substituents is 2. The van der Waals surface area contributed by atoms with Crippen molar-refractivity contribution in [2.75, 3.05) is 0 Å². The molecular formula is C34H28Cl2N2O8. The highest BCUT2D eigenvalue weighted by Gasteiger charge is 2.46. The van der Waals surface area contributed by atoms with Gasteiger partial charge in [-0.15, -0.1) is 0 Å². The Labute approximate surface area is 273 Å². The molecule has 0 amide bonds. The molecular weight excluding hydrogens is 635 g/mol. The van der Waals surface area contributed by atoms with Crippen LogP contribution in [0.15, 0.2) is 97.1 Å². The molecule has 2 aliphatic rings. The first kappa shape index (κ1) is 32.9. The number of non-ortho nitro benzene ring substituents is 2. The Hall–Kier alpha value is -4.48. The summed E-state index contributed by atoms with van der Waals surface area (Å²) in [5.74, 6) is -1.20. The van der Waals surface area contributed by atoms with Gasteiger partial charge in [-0.2, -0.15) is 0 Å². The first-order valence-corrected chi connectivity index (χ1v) is 15.1. The molecule has 0 aliphatic heterocycles. The maximum atomic E-state index is 12.0. The molecule has 0 saturated heterocycles. The third kappa shape index (κ3) is 7.00. The van der Waals surface area contributed by atoms with Gasteiger partial charge in [0, 0.05) is 59.0 Å². The molecule has 0 radical (unpaired) electrons. The minimum atomic E-state index is -0.974. The van der Waals surface area contributed by atoms with E-state index in [1.54, 1.807) is 24.3 Å². The molecule has 12 heteroatoms. The largest absolute Gasteiger partial charge is 0.388 e. The number of hydrogen-bond donors (Lipinski definition) is 2. The Morgan fingerprint density at radius 2 is 0.870 bits per heavy atom. The fraction of sp³-hybridized carbons (Fsp3) is 0.235. The predicted molar refractivity (Wildman–Crippen MR) is 171 cm³/mol. The number of nitrogens with zero attached hydrogens (tertiary/aromatic N) is 2. The van der Waals surface area contributed by atoms with Gasteiger partial charge in [-0.25, -0.2) is 0 Å². The molecule has 0 aromatic heterocycles. The molecule has 2 N–H and O–H groups in total. The van der Waals surface area contributed by atoms with Crippen molar-refractivity contribution < 1.29 is 29.6 Å². The third-order valence-electron chi connectivity index (χ3n) is 8.62. The van der Waals surface area contributed by atoms with E-state index in [9.17, 15) is 40.0 Å². The summed E-state index contributed by atoms with van der Waals surface area (Å²) in [6, 6.07) is 25.8. The third-order valence-corrected chi connectivity index (χ3v) is 9.12. The van der Waals surface area contributed by atoms with Crippen LogP contribution in [0, 0.1) is 32.1 Å². The van der Waals surface area contributed by atoms with Crippen molar-refractivity contribution in [3.8, 4) is 0 Å². The number of aliphatic hydroxyl groups excluding tert-OH is 2. The molecule has 0 spiro atoms. The second-order valence-electron chi connectivity index (χ2n) is 11.3. The van der Waals surface area contributed by atoms with Crippen LogP contribution in [0.2, 0.25) is 10.0 Å². The number of hydrogen-bond acceptors (Lipinski definition) is 8. The maximum absolute atomic E-state index is 12.0. The smallest absolute Gasteiger partial charge is 0.269 e. The molecule has 2 aliphatic carbocycles. The summed E-state index contributed by atoms with van der Waals surface area (Å²) >= 11 is 11.7. The van der Waals surface area contributed by atoms with Crippen molar-refractivity contribution in [2.45, 2.75) is 36.9 Å². The second kappa shape index (κ2) is 13.9. The minimum absolute atomic E-state index is 0.00389. The average molecular weight is 664 g/mol. The van der Waals surface area contributed by atoms with Crippen LogP contribution in [0.5, 0.6) is 0 Å². The molecule has 4 aromatic carbocycles. The number of benzene rings is 4. The number of rotatable bonds is 8. The van der Waals surface area contributed by atoms with Crippen LogP contribution in [0.3, 0.4) is 0 Å². The van der Waals surface area contributed by atoms with Crippen LogP contribution >= 0.6 is 23.2 Å². The quantitative estimate of drug-likeness (QED) is 0.147. The van der Waals surface area contributed by atoms with Gasteiger partial charge in [0.05, 0.1) is 33.9 Å². The molecule has 236 valence electrons. The van der Waals surface area contributed by atoms with Crippen molar-refractivity contribution >= 4 is 46.1 Å². The van der Waals surface area contributed by atoms with Gasteiger partial charge in [0.2, 0.25) is 0 Å². The van der Waals surface area contributed by atoms with Crippen molar-refractivity contribution in [3.05, 3.63) is 150 Å². The summed E-state index contributed by atoms with van der Waals surface area (Å²) in [6.45, 7) is 0. The van der Waals surface area contributed by atoms with Crippen LogP contribution in [0.1, 0.15) is 59.1 Å². The lowest BCUT2D eigenvalue weighted by molar-refractivity contribution is -0.385. The summed E-state index contributed by atoms with van der Waals surface area (Å²) < 4.78 is 0. The average Bonchev–Trinajstić information content (AvgIpc) is 3.03. The maximum Gasteiger partial charge on any atom is 0.269 e.